The molecule has 9 heteroatoms. The first kappa shape index (κ1) is 14.6. The Kier molecular flexibility index (Phi) is 5.21. The van der Waals surface area contributed by atoms with Crippen molar-refractivity contribution in [3.63, 3.8) is 0 Å². The van der Waals surface area contributed by atoms with E-state index in [0.717, 1.165) is 5.56 Å². The second-order valence-corrected chi connectivity index (χ2v) is 3.94. The number of hydrogen-bond donors (Lipinski definition) is 2. The number of anilines is 1. The summed E-state index contributed by atoms with van der Waals surface area (Å²) in [5.41, 5.74) is 3.35. The van der Waals surface area contributed by atoms with Crippen LogP contribution in [0.1, 0.15) is 5.56 Å². The molecule has 0 unspecified atom stereocenters. The van der Waals surface area contributed by atoms with E-state index >= 15 is 0 Å². The van der Waals surface area contributed by atoms with Gasteiger partial charge in [-0.1, -0.05) is 29.3 Å². The molecule has 18 heavy (non-hydrogen) atoms. The molecule has 2 rings (SSSR count). The van der Waals surface area contributed by atoms with Gasteiger partial charge in [0.15, 0.2) is 0 Å². The van der Waals surface area contributed by atoms with Crippen LogP contribution in [0.15, 0.2) is 29.6 Å². The van der Waals surface area contributed by atoms with Crippen molar-refractivity contribution in [2.24, 2.45) is 5.10 Å². The lowest BCUT2D eigenvalue weighted by Gasteiger charge is -1.99. The molecule has 0 aliphatic heterocycles. The number of nitrogens with two attached hydrogens (primary N) is 1. The molecular weight excluding hydrogens is 298 g/mol. The number of rotatable bonds is 3. The Morgan fingerprint density at radius 1 is 1.39 bits per heavy atom. The molecule has 1 aromatic carbocycles. The number of nitrogens with one attached hydrogen (secondary N) is 1. The lowest BCUT2D eigenvalue weighted by atomic mass is 10.2. The Balaban J connectivity index is 0.00000162. The summed E-state index contributed by atoms with van der Waals surface area (Å²) < 4.78 is 1.21. The molecule has 0 radical (unpaired) electrons. The van der Waals surface area contributed by atoms with Gasteiger partial charge in [-0.3, -0.25) is 0 Å². The number of hydrogen-bond acceptors (Lipinski definition) is 5. The molecule has 0 spiro atoms. The van der Waals surface area contributed by atoms with Gasteiger partial charge in [0.25, 0.3) is 5.95 Å². The van der Waals surface area contributed by atoms with E-state index in [2.05, 4.69) is 20.7 Å². The zero-order valence-corrected chi connectivity index (χ0v) is 11.2. The maximum atomic E-state index is 5.96. The van der Waals surface area contributed by atoms with Gasteiger partial charge in [-0.05, 0) is 12.1 Å². The van der Waals surface area contributed by atoms with Crippen LogP contribution in [0.25, 0.3) is 0 Å². The highest BCUT2D eigenvalue weighted by molar-refractivity contribution is 6.36. The molecule has 6 nitrogen and oxygen atoms in total. The van der Waals surface area contributed by atoms with Gasteiger partial charge in [0.1, 0.15) is 6.33 Å². The highest BCUT2D eigenvalue weighted by Gasteiger charge is 1.99. The minimum Gasteiger partial charge on any atom is -0.335 e. The van der Waals surface area contributed by atoms with E-state index in [0.29, 0.717) is 16.0 Å². The molecule has 1 heterocycles. The van der Waals surface area contributed by atoms with Crippen LogP contribution < -0.4 is 11.3 Å². The van der Waals surface area contributed by atoms with Crippen molar-refractivity contribution in [1.29, 1.82) is 0 Å². The molecule has 3 N–H and O–H groups in total. The van der Waals surface area contributed by atoms with Gasteiger partial charge in [0.2, 0.25) is 0 Å². The summed E-state index contributed by atoms with van der Waals surface area (Å²) in [6.07, 6.45) is 2.89. The highest BCUT2D eigenvalue weighted by atomic mass is 35.5. The van der Waals surface area contributed by atoms with Gasteiger partial charge in [0, 0.05) is 10.6 Å². The molecule has 0 amide bonds. The summed E-state index contributed by atoms with van der Waals surface area (Å²) in [6.45, 7) is 0. The Hall–Kier alpha value is -1.50. The first-order chi connectivity index (χ1) is 8.16. The fourth-order valence-electron chi connectivity index (χ4n) is 1.09. The molecule has 1 aromatic heterocycles. The second-order valence-electron chi connectivity index (χ2n) is 3.10. The molecule has 0 fully saturated rings. The van der Waals surface area contributed by atoms with Crippen LogP contribution in [0, 0.1) is 0 Å². The minimum absolute atomic E-state index is 0. The molecule has 0 atom stereocenters. The van der Waals surface area contributed by atoms with Crippen molar-refractivity contribution < 1.29 is 0 Å². The van der Waals surface area contributed by atoms with Crippen molar-refractivity contribution in [3.05, 3.63) is 40.1 Å². The van der Waals surface area contributed by atoms with Crippen LogP contribution in [0.3, 0.4) is 0 Å². The predicted molar refractivity (Wildman–Crippen MR) is 75.1 cm³/mol. The van der Waals surface area contributed by atoms with E-state index in [4.69, 9.17) is 29.0 Å². The van der Waals surface area contributed by atoms with E-state index in [1.807, 2.05) is 0 Å². The Labute approximate surface area is 119 Å². The molecule has 96 valence electrons. The van der Waals surface area contributed by atoms with Crippen molar-refractivity contribution in [2.75, 3.05) is 11.3 Å². The average molecular weight is 308 g/mol. The van der Waals surface area contributed by atoms with Crippen LogP contribution in [0.2, 0.25) is 10.0 Å². The fourth-order valence-corrected chi connectivity index (χ4v) is 1.55. The Morgan fingerprint density at radius 2 is 2.17 bits per heavy atom. The summed E-state index contributed by atoms with van der Waals surface area (Å²) in [4.78, 5) is 0. The largest absolute Gasteiger partial charge is 0.335 e. The van der Waals surface area contributed by atoms with Crippen LogP contribution >= 0.6 is 35.6 Å². The van der Waals surface area contributed by atoms with E-state index in [9.17, 15) is 0 Å². The van der Waals surface area contributed by atoms with Gasteiger partial charge in [-0.2, -0.15) is 5.10 Å². The summed E-state index contributed by atoms with van der Waals surface area (Å²) >= 11 is 11.7. The summed E-state index contributed by atoms with van der Waals surface area (Å²) in [7, 11) is 0. The monoisotopic (exact) mass is 306 g/mol. The standard InChI is InChI=1S/C9H8Cl2N6.ClH/c10-7-2-1-6(8(11)3-7)4-13-15-9-16-14-5-17(9)12;/h1-5H,12H2,(H,15,16);1H/b13-4+;. The van der Waals surface area contributed by atoms with Crippen molar-refractivity contribution >= 4 is 47.8 Å². The summed E-state index contributed by atoms with van der Waals surface area (Å²) in [5, 5.41) is 12.3. The van der Waals surface area contributed by atoms with Gasteiger partial charge in [-0.15, -0.1) is 22.6 Å². The lowest BCUT2D eigenvalue weighted by Crippen LogP contribution is -2.10. The van der Waals surface area contributed by atoms with E-state index in [1.54, 1.807) is 18.2 Å². The molecule has 0 bridgehead atoms. The topological polar surface area (TPSA) is 81.1 Å². The van der Waals surface area contributed by atoms with Crippen molar-refractivity contribution in [2.45, 2.75) is 0 Å². The maximum absolute atomic E-state index is 5.96. The first-order valence-electron chi connectivity index (χ1n) is 4.56. The van der Waals surface area contributed by atoms with E-state index in [1.165, 1.54) is 17.2 Å². The molecule has 0 saturated heterocycles. The zero-order valence-electron chi connectivity index (χ0n) is 8.92. The number of nitrogens with zero attached hydrogens (tertiary/aromatic N) is 4. The molecule has 2 aromatic rings. The fraction of sp³-hybridized carbons (Fsp3) is 0. The third kappa shape index (κ3) is 3.49. The Bertz CT molecular complexity index is 553. The smallest absolute Gasteiger partial charge is 0.263 e. The molecular formula is C9H9Cl3N6. The predicted octanol–water partition coefficient (Wildman–Crippen LogP) is 2.17. The second kappa shape index (κ2) is 6.44. The SMILES string of the molecule is Cl.Nn1cnnc1N/N=C/c1ccc(Cl)cc1Cl. The molecule has 0 aliphatic carbocycles. The Morgan fingerprint density at radius 3 is 2.78 bits per heavy atom. The first-order valence-corrected chi connectivity index (χ1v) is 5.31. The van der Waals surface area contributed by atoms with Crippen LogP contribution in [0.5, 0.6) is 0 Å². The average Bonchev–Trinajstić information content (AvgIpc) is 2.68. The normalized spacial score (nSPS) is 10.3. The van der Waals surface area contributed by atoms with Crippen molar-refractivity contribution in [3.8, 4) is 0 Å². The maximum Gasteiger partial charge on any atom is 0.263 e. The van der Waals surface area contributed by atoms with Crippen LogP contribution in [-0.2, 0) is 0 Å². The van der Waals surface area contributed by atoms with Gasteiger partial charge < -0.3 is 5.84 Å². The zero-order chi connectivity index (χ0) is 12.3. The quantitative estimate of drug-likeness (QED) is 0.517. The van der Waals surface area contributed by atoms with Gasteiger partial charge in [-0.25, -0.2) is 10.1 Å². The van der Waals surface area contributed by atoms with E-state index in [-0.39, 0.29) is 12.4 Å². The number of aromatic nitrogens is 3. The van der Waals surface area contributed by atoms with Crippen molar-refractivity contribution in [1.82, 2.24) is 14.9 Å². The number of benzene rings is 1. The minimum atomic E-state index is 0. The molecule has 0 saturated carbocycles. The summed E-state index contributed by atoms with van der Waals surface area (Å²) in [5.74, 6) is 5.81. The number of halogens is 3. The van der Waals surface area contributed by atoms with E-state index < -0.39 is 0 Å². The van der Waals surface area contributed by atoms with Crippen LogP contribution in [0.4, 0.5) is 5.95 Å². The summed E-state index contributed by atoms with van der Waals surface area (Å²) in [6, 6.07) is 5.11. The van der Waals surface area contributed by atoms with Crippen LogP contribution in [-0.4, -0.2) is 21.1 Å². The third-order valence-electron chi connectivity index (χ3n) is 1.90. The number of hydrazone groups is 1. The highest BCUT2D eigenvalue weighted by Crippen LogP contribution is 2.19. The third-order valence-corrected chi connectivity index (χ3v) is 2.47. The van der Waals surface area contributed by atoms with Gasteiger partial charge >= 0.3 is 0 Å². The molecule has 0 aliphatic rings. The van der Waals surface area contributed by atoms with Gasteiger partial charge in [0.05, 0.1) is 11.2 Å². The lowest BCUT2D eigenvalue weighted by molar-refractivity contribution is 0.988. The number of nitrogen functional groups attached to an aromatic ring is 1.